The van der Waals surface area contributed by atoms with E-state index in [1.807, 2.05) is 29.8 Å². The summed E-state index contributed by atoms with van der Waals surface area (Å²) in [6.07, 6.45) is 0. The monoisotopic (exact) mass is 215 g/mol. The van der Waals surface area contributed by atoms with Crippen LogP contribution in [0, 0.1) is 6.92 Å². The molecule has 0 aliphatic carbocycles. The first-order valence-electron chi connectivity index (χ1n) is 5.39. The minimum absolute atomic E-state index is 0.158. The van der Waals surface area contributed by atoms with Crippen LogP contribution < -0.4 is 0 Å². The van der Waals surface area contributed by atoms with Crippen LogP contribution in [0.3, 0.4) is 0 Å². The van der Waals surface area contributed by atoms with Gasteiger partial charge in [0.05, 0.1) is 24.6 Å². The number of fused-ring (bicyclic) bond motifs is 1. The van der Waals surface area contributed by atoms with Crippen LogP contribution in [0.2, 0.25) is 0 Å². The van der Waals surface area contributed by atoms with Gasteiger partial charge in [0, 0.05) is 0 Å². The smallest absolute Gasteiger partial charge is 0.102 e. The minimum Gasteiger partial charge on any atom is -0.373 e. The van der Waals surface area contributed by atoms with Crippen LogP contribution in [0.4, 0.5) is 0 Å². The van der Waals surface area contributed by atoms with Crippen LogP contribution in [0.15, 0.2) is 30.3 Å². The molecule has 1 aromatic heterocycles. The Bertz CT molecular complexity index is 492. The molecule has 16 heavy (non-hydrogen) atoms. The number of nitrogens with zero attached hydrogens (tertiary/aromatic N) is 3. The van der Waals surface area contributed by atoms with E-state index in [9.17, 15) is 0 Å². The summed E-state index contributed by atoms with van der Waals surface area (Å²) in [5.41, 5.74) is 3.26. The molecule has 0 fully saturated rings. The molecular weight excluding hydrogens is 202 g/mol. The second-order valence-corrected chi connectivity index (χ2v) is 4.01. The molecule has 3 rings (SSSR count). The number of hydrogen-bond acceptors (Lipinski definition) is 3. The number of ether oxygens (including phenoxy) is 1. The van der Waals surface area contributed by atoms with Crippen molar-refractivity contribution >= 4 is 0 Å². The van der Waals surface area contributed by atoms with Gasteiger partial charge in [0.25, 0.3) is 0 Å². The molecule has 4 heteroatoms. The first kappa shape index (κ1) is 9.54. The molecule has 1 aromatic carbocycles. The Kier molecular flexibility index (Phi) is 2.22. The van der Waals surface area contributed by atoms with Crippen molar-refractivity contribution < 1.29 is 4.74 Å². The fraction of sp³-hybridized carbons (Fsp3) is 0.333. The lowest BCUT2D eigenvalue weighted by Crippen LogP contribution is -2.25. The standard InChI is InChI=1S/C12H13N3O/c1-9-11-7-16-8-12(15(11)14-13-9)10-5-3-2-4-6-10/h2-6,12H,7-8H2,1H3/t12-/m1/s1. The third-order valence-corrected chi connectivity index (χ3v) is 2.98. The molecule has 0 bridgehead atoms. The average molecular weight is 215 g/mol. The van der Waals surface area contributed by atoms with Gasteiger partial charge in [-0.2, -0.15) is 0 Å². The van der Waals surface area contributed by atoms with Crippen LogP contribution >= 0.6 is 0 Å². The van der Waals surface area contributed by atoms with Crippen molar-refractivity contribution in [3.05, 3.63) is 47.3 Å². The van der Waals surface area contributed by atoms with E-state index in [2.05, 4.69) is 22.4 Å². The normalized spacial score (nSPS) is 19.4. The van der Waals surface area contributed by atoms with E-state index in [0.717, 1.165) is 11.4 Å². The number of aromatic nitrogens is 3. The summed E-state index contributed by atoms with van der Waals surface area (Å²) >= 11 is 0. The van der Waals surface area contributed by atoms with Gasteiger partial charge in [0.2, 0.25) is 0 Å². The van der Waals surface area contributed by atoms with E-state index < -0.39 is 0 Å². The van der Waals surface area contributed by atoms with Crippen molar-refractivity contribution in [2.24, 2.45) is 0 Å². The maximum absolute atomic E-state index is 5.60. The summed E-state index contributed by atoms with van der Waals surface area (Å²) in [4.78, 5) is 0. The van der Waals surface area contributed by atoms with Gasteiger partial charge < -0.3 is 4.74 Å². The van der Waals surface area contributed by atoms with Crippen LogP contribution in [-0.4, -0.2) is 21.6 Å². The van der Waals surface area contributed by atoms with Crippen molar-refractivity contribution in [1.29, 1.82) is 0 Å². The summed E-state index contributed by atoms with van der Waals surface area (Å²) in [6, 6.07) is 10.4. The Hall–Kier alpha value is -1.68. The van der Waals surface area contributed by atoms with E-state index in [4.69, 9.17) is 4.74 Å². The first-order valence-corrected chi connectivity index (χ1v) is 5.39. The number of aryl methyl sites for hydroxylation is 1. The Morgan fingerprint density at radius 3 is 2.94 bits per heavy atom. The Morgan fingerprint density at radius 1 is 1.31 bits per heavy atom. The lowest BCUT2D eigenvalue weighted by atomic mass is 10.1. The van der Waals surface area contributed by atoms with Gasteiger partial charge in [-0.05, 0) is 12.5 Å². The summed E-state index contributed by atoms with van der Waals surface area (Å²) in [6.45, 7) is 3.25. The summed E-state index contributed by atoms with van der Waals surface area (Å²) < 4.78 is 7.58. The molecule has 1 atom stereocenters. The zero-order valence-electron chi connectivity index (χ0n) is 9.13. The van der Waals surface area contributed by atoms with E-state index >= 15 is 0 Å². The second kappa shape index (κ2) is 3.72. The van der Waals surface area contributed by atoms with Crippen LogP contribution in [-0.2, 0) is 11.3 Å². The molecule has 0 N–H and O–H groups in total. The molecule has 4 nitrogen and oxygen atoms in total. The maximum atomic E-state index is 5.60. The highest BCUT2D eigenvalue weighted by Gasteiger charge is 2.24. The van der Waals surface area contributed by atoms with Gasteiger partial charge in [-0.25, -0.2) is 4.68 Å². The number of benzene rings is 1. The molecule has 2 aromatic rings. The van der Waals surface area contributed by atoms with Gasteiger partial charge in [0.1, 0.15) is 6.04 Å². The van der Waals surface area contributed by atoms with Gasteiger partial charge in [0.15, 0.2) is 0 Å². The van der Waals surface area contributed by atoms with E-state index in [1.54, 1.807) is 0 Å². The molecule has 0 unspecified atom stereocenters. The van der Waals surface area contributed by atoms with Crippen molar-refractivity contribution in [3.8, 4) is 0 Å². The molecule has 1 aliphatic rings. The topological polar surface area (TPSA) is 39.9 Å². The van der Waals surface area contributed by atoms with Gasteiger partial charge in [-0.1, -0.05) is 35.5 Å². The molecule has 0 amide bonds. The van der Waals surface area contributed by atoms with Gasteiger partial charge >= 0.3 is 0 Å². The highest BCUT2D eigenvalue weighted by molar-refractivity contribution is 5.22. The molecule has 0 spiro atoms. The third-order valence-electron chi connectivity index (χ3n) is 2.98. The van der Waals surface area contributed by atoms with Crippen LogP contribution in [0.1, 0.15) is 23.0 Å². The molecular formula is C12H13N3O. The van der Waals surface area contributed by atoms with E-state index in [1.165, 1.54) is 5.56 Å². The zero-order valence-corrected chi connectivity index (χ0v) is 9.13. The second-order valence-electron chi connectivity index (χ2n) is 4.01. The Balaban J connectivity index is 2.05. The average Bonchev–Trinajstić information content (AvgIpc) is 2.73. The fourth-order valence-corrected chi connectivity index (χ4v) is 2.06. The number of hydrogen-bond donors (Lipinski definition) is 0. The minimum atomic E-state index is 0.158. The zero-order chi connectivity index (χ0) is 11.0. The van der Waals surface area contributed by atoms with Crippen molar-refractivity contribution in [2.75, 3.05) is 6.61 Å². The highest BCUT2D eigenvalue weighted by Crippen LogP contribution is 2.25. The molecule has 82 valence electrons. The number of rotatable bonds is 1. The lowest BCUT2D eigenvalue weighted by molar-refractivity contribution is 0.0631. The third kappa shape index (κ3) is 1.42. The largest absolute Gasteiger partial charge is 0.373 e. The Labute approximate surface area is 93.9 Å². The Morgan fingerprint density at radius 2 is 2.12 bits per heavy atom. The molecule has 0 radical (unpaired) electrons. The summed E-state index contributed by atoms with van der Waals surface area (Å²) in [5, 5.41) is 8.31. The summed E-state index contributed by atoms with van der Waals surface area (Å²) in [5.74, 6) is 0. The molecule has 0 saturated heterocycles. The maximum Gasteiger partial charge on any atom is 0.102 e. The predicted octanol–water partition coefficient (Wildman–Crippen LogP) is 1.71. The van der Waals surface area contributed by atoms with E-state index in [-0.39, 0.29) is 6.04 Å². The first-order chi connectivity index (χ1) is 7.86. The van der Waals surface area contributed by atoms with Gasteiger partial charge in [-0.3, -0.25) is 0 Å². The molecule has 2 heterocycles. The van der Waals surface area contributed by atoms with Crippen molar-refractivity contribution in [1.82, 2.24) is 15.0 Å². The van der Waals surface area contributed by atoms with E-state index in [0.29, 0.717) is 13.2 Å². The SMILES string of the molecule is Cc1nnn2c1COC[C@@H]2c1ccccc1. The fourth-order valence-electron chi connectivity index (χ4n) is 2.06. The quantitative estimate of drug-likeness (QED) is 0.727. The molecule has 0 saturated carbocycles. The van der Waals surface area contributed by atoms with Crippen LogP contribution in [0.25, 0.3) is 0 Å². The highest BCUT2D eigenvalue weighted by atomic mass is 16.5. The summed E-state index contributed by atoms with van der Waals surface area (Å²) in [7, 11) is 0. The lowest BCUT2D eigenvalue weighted by Gasteiger charge is -2.24. The molecule has 1 aliphatic heterocycles. The van der Waals surface area contributed by atoms with Crippen molar-refractivity contribution in [2.45, 2.75) is 19.6 Å². The predicted molar refractivity (Wildman–Crippen MR) is 59.0 cm³/mol. The van der Waals surface area contributed by atoms with Gasteiger partial charge in [-0.15, -0.1) is 5.10 Å². The van der Waals surface area contributed by atoms with Crippen molar-refractivity contribution in [3.63, 3.8) is 0 Å². The van der Waals surface area contributed by atoms with Crippen LogP contribution in [0.5, 0.6) is 0 Å².